The van der Waals surface area contributed by atoms with E-state index in [2.05, 4.69) is 43.7 Å². The lowest BCUT2D eigenvalue weighted by Crippen LogP contribution is -2.65. The van der Waals surface area contributed by atoms with Crippen molar-refractivity contribution >= 4 is 17.4 Å². The summed E-state index contributed by atoms with van der Waals surface area (Å²) in [7, 11) is 0. The molecule has 1 spiro atoms. The number of fused-ring (bicyclic) bond motifs is 1. The van der Waals surface area contributed by atoms with Gasteiger partial charge in [-0.2, -0.15) is 0 Å². The second kappa shape index (κ2) is 10.2. The largest absolute Gasteiger partial charge is 0.451 e. The summed E-state index contributed by atoms with van der Waals surface area (Å²) < 4.78 is 6.38. The summed E-state index contributed by atoms with van der Waals surface area (Å²) in [6.45, 7) is 12.5. The molecule has 8 nitrogen and oxygen atoms in total. The van der Waals surface area contributed by atoms with Gasteiger partial charge in [-0.1, -0.05) is 23.8 Å². The first-order valence-corrected chi connectivity index (χ1v) is 14.1. The lowest BCUT2D eigenvalue weighted by molar-refractivity contribution is 0.0714. The summed E-state index contributed by atoms with van der Waals surface area (Å²) in [6, 6.07) is 12.9. The van der Waals surface area contributed by atoms with Gasteiger partial charge in [-0.15, -0.1) is 0 Å². The molecule has 1 saturated carbocycles. The second-order valence-electron chi connectivity index (χ2n) is 11.6. The summed E-state index contributed by atoms with van der Waals surface area (Å²) >= 11 is 0. The number of nitrogens with zero attached hydrogens (tertiary/aromatic N) is 4. The number of carbonyl (C=O) groups is 1. The average molecular weight is 527 g/mol. The van der Waals surface area contributed by atoms with Crippen molar-refractivity contribution in [2.45, 2.75) is 65.7 Å². The highest BCUT2D eigenvalue weighted by atomic mass is 16.5. The molecule has 0 bridgehead atoms. The molecule has 8 heteroatoms. The molecule has 0 radical (unpaired) electrons. The lowest BCUT2D eigenvalue weighted by atomic mass is 9.60. The monoisotopic (exact) mass is 526 g/mol. The Balaban J connectivity index is 1.13. The number of nitrogens with one attached hydrogen (secondary N) is 2. The van der Waals surface area contributed by atoms with Gasteiger partial charge in [0.15, 0.2) is 11.6 Å². The first-order valence-electron chi connectivity index (χ1n) is 14.1. The molecule has 39 heavy (non-hydrogen) atoms. The van der Waals surface area contributed by atoms with Crippen LogP contribution < -0.4 is 20.3 Å². The summed E-state index contributed by atoms with van der Waals surface area (Å²) in [4.78, 5) is 26.4. The number of ether oxygens (including phenoxy) is 1. The van der Waals surface area contributed by atoms with Crippen molar-refractivity contribution in [1.82, 2.24) is 20.2 Å². The van der Waals surface area contributed by atoms with Crippen LogP contribution in [0.25, 0.3) is 0 Å². The van der Waals surface area contributed by atoms with Gasteiger partial charge in [0.05, 0.1) is 11.8 Å². The fourth-order valence-corrected chi connectivity index (χ4v) is 6.48. The zero-order valence-electron chi connectivity index (χ0n) is 23.3. The zero-order chi connectivity index (χ0) is 27.1. The number of aryl methyl sites for hydroxylation is 1. The van der Waals surface area contributed by atoms with E-state index in [0.29, 0.717) is 35.1 Å². The third-order valence-corrected chi connectivity index (χ3v) is 8.43. The SMILES string of the molecule is CCN(C(=O)c1cc(C)ccc1Oc1cncnc1N1CC2(CC(Nc3cccc4c3CNC4)C2)C1)C(C)C. The van der Waals surface area contributed by atoms with E-state index in [-0.39, 0.29) is 11.9 Å². The van der Waals surface area contributed by atoms with Gasteiger partial charge in [-0.25, -0.2) is 9.97 Å². The quantitative estimate of drug-likeness (QED) is 0.421. The average Bonchev–Trinajstić information content (AvgIpc) is 3.36. The minimum absolute atomic E-state index is 0.0275. The smallest absolute Gasteiger partial charge is 0.257 e. The first kappa shape index (κ1) is 25.6. The maximum absolute atomic E-state index is 13.4. The molecule has 6 rings (SSSR count). The van der Waals surface area contributed by atoms with Crippen molar-refractivity contribution in [3.05, 3.63) is 71.2 Å². The van der Waals surface area contributed by atoms with Gasteiger partial charge in [0, 0.05) is 55.9 Å². The van der Waals surface area contributed by atoms with E-state index in [1.807, 2.05) is 50.8 Å². The molecule has 1 aromatic heterocycles. The van der Waals surface area contributed by atoms with Crippen LogP contribution in [0.15, 0.2) is 48.9 Å². The Morgan fingerprint density at radius 2 is 2.03 bits per heavy atom. The van der Waals surface area contributed by atoms with Gasteiger partial charge in [0.1, 0.15) is 12.1 Å². The molecular weight excluding hydrogens is 488 g/mol. The molecular formula is C31H38N6O2. The molecule has 1 amide bonds. The van der Waals surface area contributed by atoms with Crippen molar-refractivity contribution in [3.8, 4) is 11.5 Å². The Hall–Kier alpha value is -3.65. The molecule has 2 aromatic carbocycles. The lowest BCUT2D eigenvalue weighted by Gasteiger charge is -2.59. The number of amides is 1. The standard InChI is InChI=1S/C31H38N6O2/c1-5-37(20(2)3)30(38)24-11-21(4)9-10-27(24)39-28-16-33-19-34-29(28)36-17-31(18-36)12-23(13-31)35-26-8-6-7-22-14-32-15-25(22)26/h6-11,16,19-20,23,32,35H,5,12-15,17-18H2,1-4H3. The molecule has 2 aliphatic heterocycles. The number of rotatable bonds is 8. The van der Waals surface area contributed by atoms with Crippen LogP contribution in [-0.2, 0) is 13.1 Å². The number of hydrogen-bond donors (Lipinski definition) is 2. The number of hydrogen-bond acceptors (Lipinski definition) is 7. The van der Waals surface area contributed by atoms with Gasteiger partial charge < -0.3 is 25.2 Å². The van der Waals surface area contributed by atoms with E-state index in [0.717, 1.165) is 50.4 Å². The number of aromatic nitrogens is 2. The Morgan fingerprint density at radius 1 is 1.21 bits per heavy atom. The van der Waals surface area contributed by atoms with E-state index >= 15 is 0 Å². The van der Waals surface area contributed by atoms with Gasteiger partial charge in [0.25, 0.3) is 5.91 Å². The molecule has 3 heterocycles. The number of carbonyl (C=O) groups excluding carboxylic acids is 1. The van der Waals surface area contributed by atoms with Crippen LogP contribution in [0.2, 0.25) is 0 Å². The highest BCUT2D eigenvalue weighted by Crippen LogP contribution is 2.51. The topological polar surface area (TPSA) is 82.6 Å². The van der Waals surface area contributed by atoms with Crippen LogP contribution in [0.1, 0.15) is 60.7 Å². The van der Waals surface area contributed by atoms with E-state index in [1.165, 1.54) is 16.8 Å². The Bertz CT molecular complexity index is 1380. The van der Waals surface area contributed by atoms with E-state index in [1.54, 1.807) is 12.5 Å². The number of anilines is 2. The normalized spacial score (nSPS) is 17.5. The fourth-order valence-electron chi connectivity index (χ4n) is 6.48. The predicted octanol–water partition coefficient (Wildman–Crippen LogP) is 5.13. The van der Waals surface area contributed by atoms with Crippen molar-refractivity contribution in [2.75, 3.05) is 29.9 Å². The van der Waals surface area contributed by atoms with Crippen molar-refractivity contribution in [3.63, 3.8) is 0 Å². The molecule has 3 aliphatic rings. The summed E-state index contributed by atoms with van der Waals surface area (Å²) in [5.41, 5.74) is 6.01. The summed E-state index contributed by atoms with van der Waals surface area (Å²) in [5, 5.41) is 7.26. The summed E-state index contributed by atoms with van der Waals surface area (Å²) in [5.74, 6) is 1.88. The maximum Gasteiger partial charge on any atom is 0.257 e. The van der Waals surface area contributed by atoms with E-state index in [4.69, 9.17) is 4.74 Å². The first-order chi connectivity index (χ1) is 18.9. The van der Waals surface area contributed by atoms with Gasteiger partial charge in [0.2, 0.25) is 0 Å². The molecule has 3 aromatic rings. The predicted molar refractivity (Wildman–Crippen MR) is 153 cm³/mol. The molecule has 1 aliphatic carbocycles. The minimum Gasteiger partial charge on any atom is -0.451 e. The third-order valence-electron chi connectivity index (χ3n) is 8.43. The van der Waals surface area contributed by atoms with Crippen molar-refractivity contribution in [2.24, 2.45) is 5.41 Å². The minimum atomic E-state index is -0.0275. The molecule has 2 N–H and O–H groups in total. The second-order valence-corrected chi connectivity index (χ2v) is 11.6. The van der Waals surface area contributed by atoms with Gasteiger partial charge in [-0.05, 0) is 69.9 Å². The maximum atomic E-state index is 13.4. The van der Waals surface area contributed by atoms with Crippen LogP contribution in [0, 0.1) is 12.3 Å². The Kier molecular flexibility index (Phi) is 6.67. The van der Waals surface area contributed by atoms with Crippen LogP contribution in [0.4, 0.5) is 11.5 Å². The number of benzene rings is 2. The molecule has 2 fully saturated rings. The van der Waals surface area contributed by atoms with E-state index < -0.39 is 0 Å². The fraction of sp³-hybridized carbons (Fsp3) is 0.452. The zero-order valence-corrected chi connectivity index (χ0v) is 23.3. The van der Waals surface area contributed by atoms with Crippen LogP contribution >= 0.6 is 0 Å². The molecule has 204 valence electrons. The molecule has 0 unspecified atom stereocenters. The van der Waals surface area contributed by atoms with Crippen molar-refractivity contribution < 1.29 is 9.53 Å². The third kappa shape index (κ3) is 4.82. The van der Waals surface area contributed by atoms with Crippen LogP contribution in [0.3, 0.4) is 0 Å². The summed E-state index contributed by atoms with van der Waals surface area (Å²) in [6.07, 6.45) is 5.58. The molecule has 1 saturated heterocycles. The van der Waals surface area contributed by atoms with Crippen LogP contribution in [0.5, 0.6) is 11.5 Å². The Morgan fingerprint density at radius 3 is 2.79 bits per heavy atom. The Labute approximate surface area is 230 Å². The van der Waals surface area contributed by atoms with Crippen LogP contribution in [-0.4, -0.2) is 52.5 Å². The van der Waals surface area contributed by atoms with Gasteiger partial charge >= 0.3 is 0 Å². The van der Waals surface area contributed by atoms with E-state index in [9.17, 15) is 4.79 Å². The van der Waals surface area contributed by atoms with Gasteiger partial charge in [-0.3, -0.25) is 4.79 Å². The highest BCUT2D eigenvalue weighted by molar-refractivity contribution is 5.97. The molecule has 0 atom stereocenters. The highest BCUT2D eigenvalue weighted by Gasteiger charge is 2.53. The van der Waals surface area contributed by atoms with Crippen molar-refractivity contribution in [1.29, 1.82) is 0 Å².